The van der Waals surface area contributed by atoms with Crippen LogP contribution >= 0.6 is 0 Å². The molecule has 0 heterocycles. The van der Waals surface area contributed by atoms with Crippen LogP contribution in [0.15, 0.2) is 24.3 Å². The van der Waals surface area contributed by atoms with E-state index in [9.17, 15) is 26.3 Å². The summed E-state index contributed by atoms with van der Waals surface area (Å²) in [4.78, 5) is 0. The first-order chi connectivity index (χ1) is 7.52. The van der Waals surface area contributed by atoms with Gasteiger partial charge in [-0.1, -0.05) is 12.1 Å². The molecule has 0 radical (unpaired) electrons. The number of halogens is 6. The van der Waals surface area contributed by atoms with Crippen molar-refractivity contribution >= 4 is 0 Å². The molecule has 96 valence electrons. The smallest absolute Gasteiger partial charge is 0.459 e. The number of phenolic OH excluding ortho intramolecular Hbond substituents is 1. The lowest BCUT2D eigenvalue weighted by Crippen LogP contribution is -2.52. The van der Waals surface area contributed by atoms with E-state index in [0.717, 1.165) is 12.1 Å². The van der Waals surface area contributed by atoms with Gasteiger partial charge in [0.1, 0.15) is 5.75 Å². The lowest BCUT2D eigenvalue weighted by atomic mass is 9.99. The van der Waals surface area contributed by atoms with Crippen LogP contribution < -0.4 is 0 Å². The zero-order valence-electron chi connectivity index (χ0n) is 7.97. The summed E-state index contributed by atoms with van der Waals surface area (Å²) in [7, 11) is 0. The monoisotopic (exact) mass is 260 g/mol. The second-order valence-electron chi connectivity index (χ2n) is 3.21. The second-order valence-corrected chi connectivity index (χ2v) is 3.21. The van der Waals surface area contributed by atoms with E-state index < -0.39 is 29.3 Å². The lowest BCUT2D eigenvalue weighted by Gasteiger charge is -2.30. The number of benzene rings is 1. The first-order valence-electron chi connectivity index (χ1n) is 4.16. The quantitative estimate of drug-likeness (QED) is 0.802. The predicted octanol–water partition coefficient (Wildman–Crippen LogP) is 2.70. The fourth-order valence-electron chi connectivity index (χ4n) is 1.11. The van der Waals surface area contributed by atoms with Crippen LogP contribution in [-0.4, -0.2) is 22.3 Å². The molecule has 0 aliphatic heterocycles. The van der Waals surface area contributed by atoms with Gasteiger partial charge in [0, 0.05) is 0 Å². The molecule has 0 aliphatic rings. The van der Waals surface area contributed by atoms with Crippen molar-refractivity contribution in [2.45, 2.75) is 18.0 Å². The maximum Gasteiger partial charge on any atom is 0.459 e. The highest BCUT2D eigenvalue weighted by molar-refractivity contribution is 5.37. The molecule has 2 N–H and O–H groups in total. The minimum absolute atomic E-state index is 0.426. The van der Waals surface area contributed by atoms with Gasteiger partial charge in [-0.15, -0.1) is 0 Å². The molecule has 8 heteroatoms. The molecule has 1 unspecified atom stereocenters. The number of rotatable bonds is 2. The lowest BCUT2D eigenvalue weighted by molar-refractivity contribution is -0.379. The molecule has 0 aliphatic carbocycles. The Morgan fingerprint density at radius 1 is 0.882 bits per heavy atom. The SMILES string of the molecule is Oc1ccccc1C(O)(F)C(F)(F)C(F)(F)F. The molecule has 0 bridgehead atoms. The minimum Gasteiger partial charge on any atom is -0.507 e. The van der Waals surface area contributed by atoms with Crippen molar-refractivity contribution in [3.8, 4) is 5.75 Å². The highest BCUT2D eigenvalue weighted by Crippen LogP contribution is 2.50. The summed E-state index contributed by atoms with van der Waals surface area (Å²) >= 11 is 0. The zero-order chi connectivity index (χ0) is 13.5. The van der Waals surface area contributed by atoms with Crippen molar-refractivity contribution < 1.29 is 36.6 Å². The van der Waals surface area contributed by atoms with E-state index >= 15 is 0 Å². The molecule has 0 spiro atoms. The Morgan fingerprint density at radius 3 is 1.76 bits per heavy atom. The Balaban J connectivity index is 3.34. The van der Waals surface area contributed by atoms with Gasteiger partial charge in [0.05, 0.1) is 5.56 Å². The number of hydrogen-bond acceptors (Lipinski definition) is 2. The summed E-state index contributed by atoms with van der Waals surface area (Å²) < 4.78 is 74.5. The van der Waals surface area contributed by atoms with Gasteiger partial charge in [-0.2, -0.15) is 26.3 Å². The summed E-state index contributed by atoms with van der Waals surface area (Å²) in [5.74, 6) is -12.3. The summed E-state index contributed by atoms with van der Waals surface area (Å²) in [5, 5.41) is 17.7. The van der Waals surface area contributed by atoms with Crippen molar-refractivity contribution in [1.29, 1.82) is 0 Å². The van der Waals surface area contributed by atoms with Gasteiger partial charge >= 0.3 is 18.0 Å². The van der Waals surface area contributed by atoms with E-state index in [0.29, 0.717) is 12.1 Å². The molecular formula is C9H6F6O2. The van der Waals surface area contributed by atoms with Crippen molar-refractivity contribution in [3.05, 3.63) is 29.8 Å². The molecule has 17 heavy (non-hydrogen) atoms. The summed E-state index contributed by atoms with van der Waals surface area (Å²) in [6.07, 6.45) is -6.29. The Hall–Kier alpha value is -1.44. The topological polar surface area (TPSA) is 40.5 Å². The zero-order valence-corrected chi connectivity index (χ0v) is 7.97. The number of hydrogen-bond donors (Lipinski definition) is 2. The highest BCUT2D eigenvalue weighted by Gasteiger charge is 2.72. The second kappa shape index (κ2) is 3.80. The predicted molar refractivity (Wildman–Crippen MR) is 44.1 cm³/mol. The number of aromatic hydroxyl groups is 1. The van der Waals surface area contributed by atoms with Crippen LogP contribution in [0.5, 0.6) is 5.75 Å². The molecule has 2 nitrogen and oxygen atoms in total. The number of alkyl halides is 6. The minimum atomic E-state index is -6.29. The fourth-order valence-corrected chi connectivity index (χ4v) is 1.11. The third-order valence-corrected chi connectivity index (χ3v) is 2.03. The molecule has 0 fully saturated rings. The van der Waals surface area contributed by atoms with E-state index in [4.69, 9.17) is 10.2 Å². The van der Waals surface area contributed by atoms with E-state index in [1.54, 1.807) is 0 Å². The normalized spacial score (nSPS) is 16.6. The van der Waals surface area contributed by atoms with Crippen LogP contribution in [-0.2, 0) is 5.85 Å². The summed E-state index contributed by atoms with van der Waals surface area (Å²) in [6.45, 7) is 0. The van der Waals surface area contributed by atoms with Crippen LogP contribution in [0.1, 0.15) is 5.56 Å². The Bertz CT molecular complexity index is 412. The van der Waals surface area contributed by atoms with E-state index in [1.807, 2.05) is 0 Å². The average Bonchev–Trinajstić information content (AvgIpc) is 2.16. The fraction of sp³-hybridized carbons (Fsp3) is 0.333. The van der Waals surface area contributed by atoms with Gasteiger partial charge in [0.25, 0.3) is 0 Å². The first-order valence-corrected chi connectivity index (χ1v) is 4.16. The largest absolute Gasteiger partial charge is 0.507 e. The van der Waals surface area contributed by atoms with Crippen molar-refractivity contribution in [2.24, 2.45) is 0 Å². The maximum atomic E-state index is 13.3. The third-order valence-electron chi connectivity index (χ3n) is 2.03. The van der Waals surface area contributed by atoms with E-state index in [-0.39, 0.29) is 0 Å². The number of phenols is 1. The van der Waals surface area contributed by atoms with Crippen LogP contribution in [0, 0.1) is 0 Å². The van der Waals surface area contributed by atoms with Crippen molar-refractivity contribution in [1.82, 2.24) is 0 Å². The molecular weight excluding hydrogens is 254 g/mol. The molecule has 0 saturated heterocycles. The summed E-state index contributed by atoms with van der Waals surface area (Å²) in [5.41, 5.74) is -1.55. The van der Waals surface area contributed by atoms with Gasteiger partial charge < -0.3 is 10.2 Å². The maximum absolute atomic E-state index is 13.3. The molecule has 0 aromatic heterocycles. The average molecular weight is 260 g/mol. The Kier molecular flexibility index (Phi) is 3.04. The van der Waals surface area contributed by atoms with Gasteiger partial charge in [-0.25, -0.2) is 0 Å². The van der Waals surface area contributed by atoms with Crippen molar-refractivity contribution in [2.75, 3.05) is 0 Å². The van der Waals surface area contributed by atoms with Crippen LogP contribution in [0.25, 0.3) is 0 Å². The number of aliphatic hydroxyl groups is 1. The first kappa shape index (κ1) is 13.6. The van der Waals surface area contributed by atoms with Crippen LogP contribution in [0.4, 0.5) is 26.3 Å². The molecule has 0 amide bonds. The van der Waals surface area contributed by atoms with Gasteiger partial charge in [0.15, 0.2) is 0 Å². The van der Waals surface area contributed by atoms with Crippen LogP contribution in [0.2, 0.25) is 0 Å². The third kappa shape index (κ3) is 2.04. The van der Waals surface area contributed by atoms with E-state index in [1.165, 1.54) is 0 Å². The van der Waals surface area contributed by atoms with Gasteiger partial charge in [-0.05, 0) is 12.1 Å². The van der Waals surface area contributed by atoms with E-state index in [2.05, 4.69) is 0 Å². The standard InChI is InChI=1S/C9H6F6O2/c10-7(17,8(11,12)9(13,14)15)5-3-1-2-4-6(5)16/h1-4,16-17H. The van der Waals surface area contributed by atoms with Gasteiger partial charge in [-0.3, -0.25) is 0 Å². The molecule has 1 atom stereocenters. The molecule has 1 aromatic rings. The molecule has 0 saturated carbocycles. The number of para-hydroxylation sites is 1. The summed E-state index contributed by atoms with van der Waals surface area (Å²) in [6, 6.07) is 3.06. The van der Waals surface area contributed by atoms with Gasteiger partial charge in [0.2, 0.25) is 0 Å². The Labute approximate surface area is 91.1 Å². The highest BCUT2D eigenvalue weighted by atomic mass is 19.4. The molecule has 1 aromatic carbocycles. The van der Waals surface area contributed by atoms with Crippen molar-refractivity contribution in [3.63, 3.8) is 0 Å². The van der Waals surface area contributed by atoms with Crippen LogP contribution in [0.3, 0.4) is 0 Å². The Morgan fingerprint density at radius 2 is 1.35 bits per heavy atom. The molecule has 1 rings (SSSR count).